The predicted octanol–water partition coefficient (Wildman–Crippen LogP) is 2.20. The van der Waals surface area contributed by atoms with E-state index in [0.29, 0.717) is 29.7 Å². The van der Waals surface area contributed by atoms with Gasteiger partial charge < -0.3 is 4.74 Å². The van der Waals surface area contributed by atoms with Crippen molar-refractivity contribution in [2.75, 3.05) is 13.2 Å². The molecule has 0 radical (unpaired) electrons. The number of carbonyl (C=O) groups excluding carboxylic acids is 1. The molecule has 1 aliphatic rings. The number of hydrogen-bond donors (Lipinski definition) is 0. The van der Waals surface area contributed by atoms with E-state index in [1.54, 1.807) is 19.9 Å². The molecule has 0 atom stereocenters. The zero-order valence-electron chi connectivity index (χ0n) is 8.89. The maximum absolute atomic E-state index is 13.6. The second-order valence-corrected chi connectivity index (χ2v) is 3.89. The van der Waals surface area contributed by atoms with Crippen molar-refractivity contribution in [2.45, 2.75) is 20.3 Å². The van der Waals surface area contributed by atoms with Crippen molar-refractivity contribution in [3.63, 3.8) is 0 Å². The van der Waals surface area contributed by atoms with Crippen LogP contribution in [0.25, 0.3) is 0 Å². The highest BCUT2D eigenvalue weighted by Gasteiger charge is 2.21. The standard InChI is InChI=1S/C12H13FO2/c1-7-5-9-3-4-15-6-10(14)11(9)8(2)12(7)13/h5H,3-4,6H2,1-2H3. The molecule has 0 aliphatic carbocycles. The normalized spacial score (nSPS) is 16.1. The quantitative estimate of drug-likeness (QED) is 0.653. The Morgan fingerprint density at radius 3 is 2.87 bits per heavy atom. The topological polar surface area (TPSA) is 26.3 Å². The Labute approximate surface area is 88.1 Å². The van der Waals surface area contributed by atoms with Crippen molar-refractivity contribution in [3.05, 3.63) is 34.1 Å². The number of ether oxygens (including phenoxy) is 1. The van der Waals surface area contributed by atoms with Crippen LogP contribution in [0.2, 0.25) is 0 Å². The molecule has 1 aromatic carbocycles. The van der Waals surface area contributed by atoms with Crippen LogP contribution in [0.4, 0.5) is 4.39 Å². The van der Waals surface area contributed by atoms with Gasteiger partial charge in [0.05, 0.1) is 6.61 Å². The molecular formula is C12H13FO2. The average molecular weight is 208 g/mol. The number of benzene rings is 1. The molecule has 0 N–H and O–H groups in total. The lowest BCUT2D eigenvalue weighted by atomic mass is 9.94. The molecule has 1 aliphatic heterocycles. The molecule has 0 amide bonds. The van der Waals surface area contributed by atoms with Gasteiger partial charge in [0.15, 0.2) is 5.78 Å². The summed E-state index contributed by atoms with van der Waals surface area (Å²) in [7, 11) is 0. The fourth-order valence-electron chi connectivity index (χ4n) is 2.05. The summed E-state index contributed by atoms with van der Waals surface area (Å²) in [6, 6.07) is 1.75. The first kappa shape index (κ1) is 10.3. The zero-order chi connectivity index (χ0) is 11.0. The van der Waals surface area contributed by atoms with Crippen LogP contribution in [0.5, 0.6) is 0 Å². The van der Waals surface area contributed by atoms with Gasteiger partial charge in [-0.2, -0.15) is 0 Å². The summed E-state index contributed by atoms with van der Waals surface area (Å²) in [4.78, 5) is 11.7. The lowest BCUT2D eigenvalue weighted by Crippen LogP contribution is -2.10. The third-order valence-corrected chi connectivity index (χ3v) is 2.79. The molecule has 1 aromatic rings. The molecule has 80 valence electrons. The molecule has 0 unspecified atom stereocenters. The fourth-order valence-corrected chi connectivity index (χ4v) is 2.05. The Morgan fingerprint density at radius 1 is 1.40 bits per heavy atom. The van der Waals surface area contributed by atoms with Gasteiger partial charge in [0.25, 0.3) is 0 Å². The largest absolute Gasteiger partial charge is 0.373 e. The van der Waals surface area contributed by atoms with Crippen molar-refractivity contribution in [2.24, 2.45) is 0 Å². The molecule has 3 heteroatoms. The van der Waals surface area contributed by atoms with Gasteiger partial charge in [0.1, 0.15) is 12.4 Å². The van der Waals surface area contributed by atoms with E-state index in [9.17, 15) is 9.18 Å². The van der Waals surface area contributed by atoms with Crippen molar-refractivity contribution >= 4 is 5.78 Å². The van der Waals surface area contributed by atoms with Gasteiger partial charge >= 0.3 is 0 Å². The molecule has 0 bridgehead atoms. The fraction of sp³-hybridized carbons (Fsp3) is 0.417. The van der Waals surface area contributed by atoms with Crippen LogP contribution in [0, 0.1) is 19.7 Å². The summed E-state index contributed by atoms with van der Waals surface area (Å²) in [5.74, 6) is -0.386. The van der Waals surface area contributed by atoms with Crippen LogP contribution in [0.3, 0.4) is 0 Å². The van der Waals surface area contributed by atoms with Crippen molar-refractivity contribution < 1.29 is 13.9 Å². The minimum Gasteiger partial charge on any atom is -0.373 e. The van der Waals surface area contributed by atoms with Crippen molar-refractivity contribution in [1.82, 2.24) is 0 Å². The maximum atomic E-state index is 13.6. The van der Waals surface area contributed by atoms with E-state index < -0.39 is 0 Å². The Hall–Kier alpha value is -1.22. The molecular weight excluding hydrogens is 195 g/mol. The Bertz CT molecular complexity index is 424. The van der Waals surface area contributed by atoms with Crippen LogP contribution < -0.4 is 0 Å². The number of carbonyl (C=O) groups is 1. The zero-order valence-corrected chi connectivity index (χ0v) is 8.89. The minimum absolute atomic E-state index is 0.0658. The highest BCUT2D eigenvalue weighted by atomic mass is 19.1. The van der Waals surface area contributed by atoms with Crippen LogP contribution in [-0.2, 0) is 11.2 Å². The Morgan fingerprint density at radius 2 is 2.13 bits per heavy atom. The minimum atomic E-state index is -0.274. The van der Waals surface area contributed by atoms with E-state index in [1.807, 2.05) is 0 Å². The van der Waals surface area contributed by atoms with Crippen LogP contribution in [0.1, 0.15) is 27.0 Å². The molecule has 0 spiro atoms. The summed E-state index contributed by atoms with van der Waals surface area (Å²) in [5, 5.41) is 0. The predicted molar refractivity (Wildman–Crippen MR) is 54.7 cm³/mol. The first-order chi connectivity index (χ1) is 7.11. The molecule has 0 saturated carbocycles. The summed E-state index contributed by atoms with van der Waals surface area (Å²) >= 11 is 0. The highest BCUT2D eigenvalue weighted by molar-refractivity contribution is 6.00. The van der Waals surface area contributed by atoms with Crippen molar-refractivity contribution in [3.8, 4) is 0 Å². The maximum Gasteiger partial charge on any atom is 0.189 e. The number of rotatable bonds is 0. The highest BCUT2D eigenvalue weighted by Crippen LogP contribution is 2.24. The monoisotopic (exact) mass is 208 g/mol. The molecule has 0 aromatic heterocycles. The van der Waals surface area contributed by atoms with Crippen LogP contribution in [-0.4, -0.2) is 19.0 Å². The molecule has 0 fully saturated rings. The first-order valence-corrected chi connectivity index (χ1v) is 5.00. The van der Waals surface area contributed by atoms with Crippen molar-refractivity contribution in [1.29, 1.82) is 0 Å². The van der Waals surface area contributed by atoms with E-state index in [2.05, 4.69) is 0 Å². The first-order valence-electron chi connectivity index (χ1n) is 5.00. The second-order valence-electron chi connectivity index (χ2n) is 3.89. The Balaban J connectivity index is 2.66. The summed E-state index contributed by atoms with van der Waals surface area (Å²) < 4.78 is 18.8. The van der Waals surface area contributed by atoms with Gasteiger partial charge in [-0.15, -0.1) is 0 Å². The Kier molecular flexibility index (Phi) is 2.57. The number of Topliss-reactive ketones (excluding diaryl/α,β-unsaturated/α-hetero) is 1. The van der Waals surface area contributed by atoms with Gasteiger partial charge in [0.2, 0.25) is 0 Å². The molecule has 1 heterocycles. The third-order valence-electron chi connectivity index (χ3n) is 2.79. The lowest BCUT2D eigenvalue weighted by Gasteiger charge is -2.10. The summed E-state index contributed by atoms with van der Waals surface area (Å²) in [6.07, 6.45) is 0.684. The molecule has 2 nitrogen and oxygen atoms in total. The number of fused-ring (bicyclic) bond motifs is 1. The third kappa shape index (κ3) is 1.67. The molecule has 0 saturated heterocycles. The summed E-state index contributed by atoms with van der Waals surface area (Å²) in [6.45, 7) is 3.98. The van der Waals surface area contributed by atoms with E-state index in [4.69, 9.17) is 4.74 Å². The van der Waals surface area contributed by atoms with Crippen LogP contribution >= 0.6 is 0 Å². The number of hydrogen-bond acceptors (Lipinski definition) is 2. The number of halogens is 1. The van der Waals surface area contributed by atoms with Gasteiger partial charge in [-0.25, -0.2) is 4.39 Å². The number of aryl methyl sites for hydroxylation is 1. The average Bonchev–Trinajstić information content (AvgIpc) is 2.37. The van der Waals surface area contributed by atoms with Crippen LogP contribution in [0.15, 0.2) is 6.07 Å². The van der Waals surface area contributed by atoms with E-state index in [-0.39, 0.29) is 18.2 Å². The van der Waals surface area contributed by atoms with E-state index in [1.165, 1.54) is 0 Å². The van der Waals surface area contributed by atoms with Gasteiger partial charge in [-0.1, -0.05) is 6.07 Å². The number of ketones is 1. The van der Waals surface area contributed by atoms with Gasteiger partial charge in [0, 0.05) is 5.56 Å². The molecule has 15 heavy (non-hydrogen) atoms. The van der Waals surface area contributed by atoms with Gasteiger partial charge in [-0.3, -0.25) is 4.79 Å². The second kappa shape index (κ2) is 3.74. The summed E-state index contributed by atoms with van der Waals surface area (Å²) in [5.41, 5.74) is 2.49. The van der Waals surface area contributed by atoms with Gasteiger partial charge in [-0.05, 0) is 37.0 Å². The SMILES string of the molecule is Cc1cc2c(c(C)c1F)C(=O)COCC2. The van der Waals surface area contributed by atoms with E-state index in [0.717, 1.165) is 5.56 Å². The lowest BCUT2D eigenvalue weighted by molar-refractivity contribution is 0.0788. The smallest absolute Gasteiger partial charge is 0.189 e. The molecule has 2 rings (SSSR count). The van der Waals surface area contributed by atoms with E-state index >= 15 is 0 Å².